The quantitative estimate of drug-likeness (QED) is 0.00865. The summed E-state index contributed by atoms with van der Waals surface area (Å²) in [5.74, 6) is -8.00. The largest absolute Gasteiger partial charge is 0.748 e. The molecule has 49 heteroatoms. The maximum absolute atomic E-state index is 10.8. The fourth-order valence-electron chi connectivity index (χ4n) is 7.30. The molecule has 3 atom stereocenters. The highest BCUT2D eigenvalue weighted by molar-refractivity contribution is 7.86. The van der Waals surface area contributed by atoms with Crippen LogP contribution in [0.1, 0.15) is 77.7 Å². The van der Waals surface area contributed by atoms with Gasteiger partial charge in [0.25, 0.3) is 0 Å². The number of hydrogen-bond donors (Lipinski definition) is 15. The molecule has 0 aromatic heterocycles. The standard InChI is InChI=1S/C15H28O8.C11H21NO5S.C8H15NO2.C8H14O5.C8H10O5.C8H14O4.2C7H12O4.C7H8O3S.C7H12O3.C6H10O2/c1-2-15(17)23-14-13-22-12-11-21-10-9-20-8-7-19-6-5-18-4-3-16;1-4-11(13)17-9-8-12(2,3)7-5-6-10-18(14,15)16;1-7(2)8(10)11-6-5-9(3)4;1-2-7(12)13-6-8(3-9,4-10)5-11;1-2-6(9)3-5(8(12)13)4-7(10)11;1-3-7(11)12-6-8(2,4-9)5-10;1-5(2)7(10)11-4-6(9)3-8;1-2-7(9)11-6-5-10-4-3-8;1-6-2-4-7(5-3-6)11(8,9)10;1-2-6(9)3-4-7(10)5-8;1-2-6(8)4-3-5-7/h2,16H,1,3-14H2;4H,1,5-10H2,2-3H3;1,5-6H2,2-4H3;2,9-11H,1,3-6H2;2,5H,1,3-4H2,(H,10,11)(H,12,13);3,9-10H,1,4-6H2,2H3;6,8-9H,1,3-4H2,2H3;2,8H,1,3-6H2;2-5H,1H3,(H,8,9,10);2,7-8,10H,1,3-5H2;2,7H,1,3-5H2. The van der Waals surface area contributed by atoms with Crippen LogP contribution in [0.2, 0.25) is 0 Å². The van der Waals surface area contributed by atoms with E-state index in [9.17, 15) is 83.5 Å². The lowest BCUT2D eigenvalue weighted by Gasteiger charge is -2.29. The summed E-state index contributed by atoms with van der Waals surface area (Å²) < 4.78 is 127. The smallest absolute Gasteiger partial charge is 0.333 e. The molecule has 0 aliphatic heterocycles. The molecule has 0 aliphatic carbocycles. The number of benzene rings is 1. The summed E-state index contributed by atoms with van der Waals surface area (Å²) in [5.41, 5.74) is -0.275. The van der Waals surface area contributed by atoms with Gasteiger partial charge in [-0.1, -0.05) is 90.4 Å². The van der Waals surface area contributed by atoms with E-state index in [-0.39, 0.29) is 132 Å². The van der Waals surface area contributed by atoms with Gasteiger partial charge < -0.3 is 152 Å². The van der Waals surface area contributed by atoms with Crippen LogP contribution < -0.4 is 4.90 Å². The number of aryl methyl sites for hydroxylation is 1. The molecule has 1 aromatic carbocycles. The maximum atomic E-state index is 10.8. The number of carboxylic acids is 2. The van der Waals surface area contributed by atoms with Gasteiger partial charge in [0.1, 0.15) is 75.6 Å². The minimum atomic E-state index is -4.27. The zero-order valence-electron chi connectivity index (χ0n) is 82.4. The van der Waals surface area contributed by atoms with Crippen LogP contribution in [0.25, 0.3) is 0 Å². The molecular weight excluding hydrogens is 1920 g/mol. The van der Waals surface area contributed by atoms with Crippen LogP contribution in [-0.2, 0) is 139 Å². The van der Waals surface area contributed by atoms with Crippen molar-refractivity contribution in [3.63, 3.8) is 0 Å². The highest BCUT2D eigenvalue weighted by atomic mass is 32.2. The summed E-state index contributed by atoms with van der Waals surface area (Å²) in [5, 5.41) is 120. The lowest BCUT2D eigenvalue weighted by Crippen LogP contribution is -3.06. The van der Waals surface area contributed by atoms with E-state index >= 15 is 0 Å². The third-order valence-corrected chi connectivity index (χ3v) is 17.5. The first-order valence-corrected chi connectivity index (χ1v) is 46.1. The number of likely N-dealkylation sites (N-methyl/N-ethyl adjacent to an activating group) is 2. The van der Waals surface area contributed by atoms with Gasteiger partial charge in [-0.3, -0.25) is 24.0 Å². The number of aliphatic carboxylic acids is 2. The van der Waals surface area contributed by atoms with E-state index < -0.39 is 136 Å². The maximum Gasteiger partial charge on any atom is 0.333 e. The van der Waals surface area contributed by atoms with Crippen molar-refractivity contribution < 1.29 is 226 Å². The molecule has 0 radical (unpaired) electrons. The Bertz CT molecular complexity index is 3840. The van der Waals surface area contributed by atoms with Crippen molar-refractivity contribution in [1.82, 2.24) is 0 Å². The van der Waals surface area contributed by atoms with Gasteiger partial charge in [-0.25, -0.2) is 50.4 Å². The van der Waals surface area contributed by atoms with Gasteiger partial charge >= 0.3 is 53.7 Å². The first-order valence-electron chi connectivity index (χ1n) is 43.1. The van der Waals surface area contributed by atoms with E-state index in [0.717, 1.165) is 55.1 Å². The van der Waals surface area contributed by atoms with E-state index in [1.807, 2.05) is 35.1 Å². The molecular formula is C92H156N2O45S2. The molecule has 1 aromatic rings. The Morgan fingerprint density at radius 2 is 0.809 bits per heavy atom. The van der Waals surface area contributed by atoms with Crippen LogP contribution in [-0.4, -0.2) is 430 Å². The number of unbranched alkanes of at least 4 members (excludes halogenated alkanes) is 1. The number of aliphatic hydroxyl groups excluding tert-OH is 12. The highest BCUT2D eigenvalue weighted by Gasteiger charge is 2.30. The molecule has 3 unspecified atom stereocenters. The predicted molar refractivity (Wildman–Crippen MR) is 510 cm³/mol. The van der Waals surface area contributed by atoms with Crippen LogP contribution in [0.4, 0.5) is 0 Å². The first-order chi connectivity index (χ1) is 66.1. The molecule has 0 amide bonds. The molecule has 47 nitrogen and oxygen atoms in total. The number of carbonyl (C=O) groups excluding carboxylic acids is 10. The van der Waals surface area contributed by atoms with Gasteiger partial charge in [-0.05, 0) is 76.8 Å². The van der Waals surface area contributed by atoms with Gasteiger partial charge in [0.2, 0.25) is 0 Å². The van der Waals surface area contributed by atoms with Crippen LogP contribution >= 0.6 is 0 Å². The Morgan fingerprint density at radius 1 is 0.440 bits per heavy atom. The Kier molecular flexibility index (Phi) is 109. The van der Waals surface area contributed by atoms with E-state index in [2.05, 4.69) is 84.7 Å². The molecule has 0 saturated carbocycles. The second-order valence-corrected chi connectivity index (χ2v) is 32.6. The van der Waals surface area contributed by atoms with E-state index in [0.29, 0.717) is 128 Å². The second-order valence-electron chi connectivity index (χ2n) is 29.7. The summed E-state index contributed by atoms with van der Waals surface area (Å²) >= 11 is 0. The van der Waals surface area contributed by atoms with Gasteiger partial charge in [0.05, 0.1) is 212 Å². The number of carboxylic acid groups (broad SMARTS) is 2. The fraction of sp³-hybridized carbons (Fsp3) is 0.587. The number of ketones is 3. The molecule has 141 heavy (non-hydrogen) atoms. The lowest BCUT2D eigenvalue weighted by molar-refractivity contribution is -0.890. The highest BCUT2D eigenvalue weighted by Crippen LogP contribution is 2.17. The number of ether oxygens (including phenoxy) is 13. The molecule has 15 N–H and O–H groups in total. The molecule has 816 valence electrons. The number of hydrogen-bond acceptors (Lipinski definition) is 43. The lowest BCUT2D eigenvalue weighted by atomic mass is 9.93. The zero-order valence-corrected chi connectivity index (χ0v) is 84.0. The average molecular weight is 2070 g/mol. The molecule has 1 rings (SSSR count). The molecule has 0 fully saturated rings. The molecule has 0 aliphatic rings. The number of allylic oxidation sites excluding steroid dienone is 3. The van der Waals surface area contributed by atoms with Gasteiger partial charge in [0, 0.05) is 78.6 Å². The number of aliphatic hydroxyl groups is 12. The Balaban J connectivity index is -0.000000169. The Labute approximate surface area is 826 Å². The van der Waals surface area contributed by atoms with Gasteiger partial charge in [-0.15, -0.1) is 0 Å². The summed E-state index contributed by atoms with van der Waals surface area (Å²) in [6.45, 7) is 44.8. The van der Waals surface area contributed by atoms with Crippen molar-refractivity contribution in [3.05, 3.63) is 155 Å². The predicted octanol–water partition coefficient (Wildman–Crippen LogP) is -1.68. The Morgan fingerprint density at radius 3 is 1.13 bits per heavy atom. The zero-order chi connectivity index (χ0) is 111. The van der Waals surface area contributed by atoms with Crippen molar-refractivity contribution in [2.24, 2.45) is 16.7 Å². The fourth-order valence-corrected chi connectivity index (χ4v) is 8.32. The average Bonchev–Trinajstić information content (AvgIpc) is 0.870. The molecule has 0 heterocycles. The minimum Gasteiger partial charge on any atom is -0.748 e. The van der Waals surface area contributed by atoms with Crippen LogP contribution in [0, 0.1) is 23.7 Å². The van der Waals surface area contributed by atoms with Crippen molar-refractivity contribution in [2.75, 3.05) is 245 Å². The van der Waals surface area contributed by atoms with Crippen molar-refractivity contribution >= 4 is 91.3 Å². The topological polar surface area (TPSA) is 727 Å². The normalized spacial score (nSPS) is 11.0. The number of quaternary nitrogens is 2. The summed E-state index contributed by atoms with van der Waals surface area (Å²) in [6, 6.07) is 5.78. The summed E-state index contributed by atoms with van der Waals surface area (Å²) in [7, 11) is -0.460. The number of rotatable bonds is 68. The minimum absolute atomic E-state index is 0.000880. The van der Waals surface area contributed by atoms with E-state index in [4.69, 9.17) is 114 Å². The molecule has 0 bridgehead atoms. The van der Waals surface area contributed by atoms with Crippen LogP contribution in [0.3, 0.4) is 0 Å². The van der Waals surface area contributed by atoms with E-state index in [1.165, 1.54) is 36.1 Å². The summed E-state index contributed by atoms with van der Waals surface area (Å²) in [6.07, 6.45) is 8.68. The second kappa shape index (κ2) is 101. The SMILES string of the molecule is C=C(C)C(=O)OCC(O)CO.C=C(C)C(=O)OCC[NH+](C)C.C=CC(=O)CC(CC(=O)O)C(=O)O.C=CC(=O)CCC(O)CO.C=CC(=O)CCCO.C=CC(=O)OCC(C)(CO)CO.C=CC(=O)OCC(CO)(CO)CO.C=CC(=O)OCCOCCO.C=CC(=O)OCCOCCOCCOCCOCCOCCO.C=CC(=O)OCC[N+](C)(C)CCCCS(=O)(=O)[O-].Cc1ccc(S(=O)(=O)[O-])cc1. The number of nitrogens with one attached hydrogen (secondary N) is 1. The molecule has 0 saturated heterocycles. The van der Waals surface area contributed by atoms with Crippen LogP contribution in [0.15, 0.2) is 155 Å². The van der Waals surface area contributed by atoms with Crippen molar-refractivity contribution in [2.45, 2.75) is 96.2 Å². The third kappa shape index (κ3) is 117. The van der Waals surface area contributed by atoms with Crippen molar-refractivity contribution in [3.8, 4) is 0 Å². The third-order valence-electron chi connectivity index (χ3n) is 15.8. The van der Waals surface area contributed by atoms with Crippen LogP contribution in [0.5, 0.6) is 0 Å². The monoisotopic (exact) mass is 2070 g/mol. The van der Waals surface area contributed by atoms with Gasteiger partial charge in [0.15, 0.2) is 17.3 Å². The van der Waals surface area contributed by atoms with Gasteiger partial charge in [-0.2, -0.15) is 0 Å². The van der Waals surface area contributed by atoms with Crippen molar-refractivity contribution in [1.29, 1.82) is 0 Å². The summed E-state index contributed by atoms with van der Waals surface area (Å²) in [4.78, 5) is 128. The first kappa shape index (κ1) is 151. The molecule has 0 spiro atoms. The number of carbonyl (C=O) groups is 12. The number of nitrogens with zero attached hydrogens (tertiary/aromatic N) is 1. The van der Waals surface area contributed by atoms with E-state index in [1.54, 1.807) is 26.0 Å². The number of esters is 7. The Hall–Kier alpha value is -10.1.